The summed E-state index contributed by atoms with van der Waals surface area (Å²) in [6, 6.07) is 4.05. The lowest BCUT2D eigenvalue weighted by molar-refractivity contribution is 0.663. The zero-order valence-corrected chi connectivity index (χ0v) is 11.8. The van der Waals surface area contributed by atoms with Crippen molar-refractivity contribution in [1.29, 1.82) is 0 Å². The molecular formula is C15H20N4. The standard InChI is InChI=1S/C15H20N4/c1-4-6-16-10-13-5-7-17-15(19-13)14-12(3)8-11(2)9-18-14/h5,7-9,16H,4,6,10H2,1-3H3. The van der Waals surface area contributed by atoms with Crippen LogP contribution >= 0.6 is 0 Å². The van der Waals surface area contributed by atoms with Crippen LogP contribution in [0.4, 0.5) is 0 Å². The molecule has 0 amide bonds. The van der Waals surface area contributed by atoms with E-state index in [1.807, 2.05) is 26.1 Å². The molecule has 0 aliphatic rings. The molecule has 0 aromatic carbocycles. The average Bonchev–Trinajstić information content (AvgIpc) is 2.39. The molecule has 1 N–H and O–H groups in total. The van der Waals surface area contributed by atoms with Gasteiger partial charge in [0, 0.05) is 18.9 Å². The quantitative estimate of drug-likeness (QED) is 0.836. The van der Waals surface area contributed by atoms with Crippen molar-refractivity contribution < 1.29 is 0 Å². The fraction of sp³-hybridized carbons (Fsp3) is 0.400. The molecule has 0 aliphatic carbocycles. The summed E-state index contributed by atoms with van der Waals surface area (Å²) in [4.78, 5) is 13.3. The molecule has 100 valence electrons. The van der Waals surface area contributed by atoms with Crippen LogP contribution in [0.25, 0.3) is 11.5 Å². The Kier molecular flexibility index (Phi) is 4.58. The summed E-state index contributed by atoms with van der Waals surface area (Å²) in [6.07, 6.45) is 4.77. The fourth-order valence-corrected chi connectivity index (χ4v) is 1.95. The van der Waals surface area contributed by atoms with Crippen LogP contribution < -0.4 is 5.32 Å². The third kappa shape index (κ3) is 3.58. The highest BCUT2D eigenvalue weighted by Crippen LogP contribution is 2.17. The summed E-state index contributed by atoms with van der Waals surface area (Å²) in [5.41, 5.74) is 4.13. The average molecular weight is 256 g/mol. The minimum atomic E-state index is 0.702. The van der Waals surface area contributed by atoms with Crippen molar-refractivity contribution in [3.05, 3.63) is 41.3 Å². The normalized spacial score (nSPS) is 10.7. The first-order chi connectivity index (χ1) is 9.20. The molecule has 2 heterocycles. The van der Waals surface area contributed by atoms with E-state index < -0.39 is 0 Å². The van der Waals surface area contributed by atoms with Crippen molar-refractivity contribution in [2.75, 3.05) is 6.54 Å². The minimum Gasteiger partial charge on any atom is -0.311 e. The molecule has 0 radical (unpaired) electrons. The Morgan fingerprint density at radius 2 is 2.05 bits per heavy atom. The fourth-order valence-electron chi connectivity index (χ4n) is 1.95. The van der Waals surface area contributed by atoms with E-state index in [1.54, 1.807) is 6.20 Å². The van der Waals surface area contributed by atoms with Crippen molar-refractivity contribution >= 4 is 0 Å². The van der Waals surface area contributed by atoms with Gasteiger partial charge in [-0.05, 0) is 44.0 Å². The van der Waals surface area contributed by atoms with Gasteiger partial charge in [0.2, 0.25) is 0 Å². The summed E-state index contributed by atoms with van der Waals surface area (Å²) in [5, 5.41) is 3.34. The van der Waals surface area contributed by atoms with Gasteiger partial charge in [0.05, 0.1) is 5.69 Å². The lowest BCUT2D eigenvalue weighted by Gasteiger charge is -2.07. The van der Waals surface area contributed by atoms with Crippen LogP contribution in [0.5, 0.6) is 0 Å². The van der Waals surface area contributed by atoms with Crippen molar-refractivity contribution in [1.82, 2.24) is 20.3 Å². The maximum absolute atomic E-state index is 4.57. The maximum atomic E-state index is 4.57. The minimum absolute atomic E-state index is 0.702. The van der Waals surface area contributed by atoms with Gasteiger partial charge in [0.15, 0.2) is 5.82 Å². The largest absolute Gasteiger partial charge is 0.311 e. The molecule has 0 saturated heterocycles. The molecule has 2 aromatic heterocycles. The Morgan fingerprint density at radius 3 is 2.79 bits per heavy atom. The predicted octanol–water partition coefficient (Wildman–Crippen LogP) is 2.66. The molecule has 2 rings (SSSR count). The van der Waals surface area contributed by atoms with Gasteiger partial charge in [0.1, 0.15) is 5.69 Å². The Hall–Kier alpha value is -1.81. The highest BCUT2D eigenvalue weighted by atomic mass is 14.9. The molecule has 0 spiro atoms. The van der Waals surface area contributed by atoms with Gasteiger partial charge < -0.3 is 5.32 Å². The second-order valence-electron chi connectivity index (χ2n) is 4.73. The Morgan fingerprint density at radius 1 is 1.21 bits per heavy atom. The zero-order chi connectivity index (χ0) is 13.7. The summed E-state index contributed by atoms with van der Waals surface area (Å²) >= 11 is 0. The maximum Gasteiger partial charge on any atom is 0.178 e. The number of nitrogens with one attached hydrogen (secondary N) is 1. The lowest BCUT2D eigenvalue weighted by Crippen LogP contribution is -2.15. The molecule has 0 unspecified atom stereocenters. The van der Waals surface area contributed by atoms with Crippen LogP contribution in [0.3, 0.4) is 0 Å². The van der Waals surface area contributed by atoms with Crippen molar-refractivity contribution in [2.45, 2.75) is 33.7 Å². The van der Waals surface area contributed by atoms with Crippen molar-refractivity contribution in [2.24, 2.45) is 0 Å². The number of nitrogens with zero attached hydrogens (tertiary/aromatic N) is 3. The molecule has 0 saturated carbocycles. The van der Waals surface area contributed by atoms with Crippen LogP contribution in [0.15, 0.2) is 24.5 Å². The Bertz CT molecular complexity index is 552. The van der Waals surface area contributed by atoms with E-state index in [1.165, 1.54) is 0 Å². The van der Waals surface area contributed by atoms with E-state index in [2.05, 4.69) is 33.3 Å². The number of hydrogen-bond donors (Lipinski definition) is 1. The molecule has 0 fully saturated rings. The van der Waals surface area contributed by atoms with Gasteiger partial charge in [-0.1, -0.05) is 13.0 Å². The van der Waals surface area contributed by atoms with Crippen LogP contribution in [0, 0.1) is 13.8 Å². The van der Waals surface area contributed by atoms with Gasteiger partial charge in [-0.2, -0.15) is 0 Å². The predicted molar refractivity (Wildman–Crippen MR) is 76.7 cm³/mol. The SMILES string of the molecule is CCCNCc1ccnc(-c2ncc(C)cc2C)n1. The molecule has 19 heavy (non-hydrogen) atoms. The number of aromatic nitrogens is 3. The first-order valence-corrected chi connectivity index (χ1v) is 6.67. The van der Waals surface area contributed by atoms with Crippen molar-refractivity contribution in [3.63, 3.8) is 0 Å². The number of rotatable bonds is 5. The molecule has 0 bridgehead atoms. The third-order valence-electron chi connectivity index (χ3n) is 2.87. The Labute approximate surface area is 114 Å². The van der Waals surface area contributed by atoms with Crippen LogP contribution in [-0.2, 0) is 6.54 Å². The molecule has 0 aliphatic heterocycles. The molecule has 2 aromatic rings. The number of hydrogen-bond acceptors (Lipinski definition) is 4. The van der Waals surface area contributed by atoms with E-state index in [9.17, 15) is 0 Å². The van der Waals surface area contributed by atoms with E-state index in [0.717, 1.165) is 42.0 Å². The number of pyridine rings is 1. The van der Waals surface area contributed by atoms with Gasteiger partial charge in [-0.25, -0.2) is 9.97 Å². The van der Waals surface area contributed by atoms with E-state index >= 15 is 0 Å². The zero-order valence-electron chi connectivity index (χ0n) is 11.8. The highest BCUT2D eigenvalue weighted by molar-refractivity contribution is 5.54. The van der Waals surface area contributed by atoms with Gasteiger partial charge in [-0.15, -0.1) is 0 Å². The van der Waals surface area contributed by atoms with Crippen LogP contribution in [0.2, 0.25) is 0 Å². The summed E-state index contributed by atoms with van der Waals surface area (Å²) in [5.74, 6) is 0.702. The van der Waals surface area contributed by atoms with Crippen molar-refractivity contribution in [3.8, 4) is 11.5 Å². The molecule has 4 heteroatoms. The van der Waals surface area contributed by atoms with Crippen LogP contribution in [0.1, 0.15) is 30.2 Å². The van der Waals surface area contributed by atoms with Crippen LogP contribution in [-0.4, -0.2) is 21.5 Å². The van der Waals surface area contributed by atoms with E-state index in [4.69, 9.17) is 0 Å². The first-order valence-electron chi connectivity index (χ1n) is 6.67. The monoisotopic (exact) mass is 256 g/mol. The summed E-state index contributed by atoms with van der Waals surface area (Å²) < 4.78 is 0. The van der Waals surface area contributed by atoms with Gasteiger partial charge in [0.25, 0.3) is 0 Å². The lowest BCUT2D eigenvalue weighted by atomic mass is 10.1. The smallest absolute Gasteiger partial charge is 0.178 e. The van der Waals surface area contributed by atoms with E-state index in [0.29, 0.717) is 5.82 Å². The molecule has 0 atom stereocenters. The number of aryl methyl sites for hydroxylation is 2. The van der Waals surface area contributed by atoms with Gasteiger partial charge in [-0.3, -0.25) is 4.98 Å². The second-order valence-corrected chi connectivity index (χ2v) is 4.73. The molecule has 4 nitrogen and oxygen atoms in total. The van der Waals surface area contributed by atoms with Gasteiger partial charge >= 0.3 is 0 Å². The molecular weight excluding hydrogens is 236 g/mol. The summed E-state index contributed by atoms with van der Waals surface area (Å²) in [7, 11) is 0. The second kappa shape index (κ2) is 6.38. The first kappa shape index (κ1) is 13.6. The van der Waals surface area contributed by atoms with E-state index in [-0.39, 0.29) is 0 Å². The topological polar surface area (TPSA) is 50.7 Å². The Balaban J connectivity index is 2.22. The third-order valence-corrected chi connectivity index (χ3v) is 2.87. The summed E-state index contributed by atoms with van der Waals surface area (Å²) in [6.45, 7) is 8.00. The highest BCUT2D eigenvalue weighted by Gasteiger charge is 2.07.